The molecule has 76 valence electrons. The topological polar surface area (TPSA) is 18.5 Å². The van der Waals surface area contributed by atoms with E-state index in [2.05, 4.69) is 32.0 Å². The zero-order chi connectivity index (χ0) is 9.97. The molecular formula is C12H16O2. The molecule has 14 heavy (non-hydrogen) atoms. The zero-order valence-corrected chi connectivity index (χ0v) is 8.75. The highest BCUT2D eigenvalue weighted by atomic mass is 16.7. The van der Waals surface area contributed by atoms with E-state index in [1.165, 1.54) is 11.1 Å². The molecular weight excluding hydrogens is 176 g/mol. The van der Waals surface area contributed by atoms with E-state index in [-0.39, 0.29) is 6.29 Å². The van der Waals surface area contributed by atoms with Gasteiger partial charge in [-0.25, -0.2) is 0 Å². The van der Waals surface area contributed by atoms with Crippen LogP contribution in [0, 0.1) is 13.8 Å². The molecule has 0 unspecified atom stereocenters. The van der Waals surface area contributed by atoms with Crippen LogP contribution in [0.2, 0.25) is 0 Å². The Hall–Kier alpha value is -0.860. The van der Waals surface area contributed by atoms with Gasteiger partial charge in [-0.05, 0) is 31.4 Å². The van der Waals surface area contributed by atoms with Crippen molar-refractivity contribution in [1.82, 2.24) is 0 Å². The second kappa shape index (κ2) is 4.11. The predicted octanol–water partition coefficient (Wildman–Crippen LogP) is 2.74. The summed E-state index contributed by atoms with van der Waals surface area (Å²) in [7, 11) is 0. The summed E-state index contributed by atoms with van der Waals surface area (Å²) in [4.78, 5) is 0. The molecule has 0 aromatic heterocycles. The number of ether oxygens (including phenoxy) is 2. The first-order valence-corrected chi connectivity index (χ1v) is 5.08. The maximum atomic E-state index is 5.54. The van der Waals surface area contributed by atoms with Crippen LogP contribution in [0.25, 0.3) is 0 Å². The second-order valence-electron chi connectivity index (χ2n) is 3.77. The molecule has 1 aromatic rings. The monoisotopic (exact) mass is 192 g/mol. The van der Waals surface area contributed by atoms with Gasteiger partial charge >= 0.3 is 0 Å². The van der Waals surface area contributed by atoms with Crippen LogP contribution in [-0.4, -0.2) is 13.2 Å². The third-order valence-electron chi connectivity index (χ3n) is 2.63. The van der Waals surface area contributed by atoms with E-state index in [4.69, 9.17) is 9.47 Å². The third kappa shape index (κ3) is 1.97. The zero-order valence-electron chi connectivity index (χ0n) is 8.75. The molecule has 1 saturated heterocycles. The summed E-state index contributed by atoms with van der Waals surface area (Å²) in [5.74, 6) is 0. The van der Waals surface area contributed by atoms with E-state index < -0.39 is 0 Å². The minimum Gasteiger partial charge on any atom is -0.348 e. The summed E-state index contributed by atoms with van der Waals surface area (Å²) in [6.07, 6.45) is 0.851. The molecule has 0 amide bonds. The van der Waals surface area contributed by atoms with Crippen LogP contribution in [0.3, 0.4) is 0 Å². The van der Waals surface area contributed by atoms with Gasteiger partial charge < -0.3 is 9.47 Å². The van der Waals surface area contributed by atoms with E-state index >= 15 is 0 Å². The predicted molar refractivity (Wildman–Crippen MR) is 55.2 cm³/mol. The van der Waals surface area contributed by atoms with Gasteiger partial charge in [-0.3, -0.25) is 0 Å². The van der Waals surface area contributed by atoms with Crippen molar-refractivity contribution in [3.63, 3.8) is 0 Å². The molecule has 2 rings (SSSR count). The summed E-state index contributed by atoms with van der Waals surface area (Å²) >= 11 is 0. The smallest absolute Gasteiger partial charge is 0.183 e. The summed E-state index contributed by atoms with van der Waals surface area (Å²) in [5.41, 5.74) is 3.73. The van der Waals surface area contributed by atoms with Gasteiger partial charge in [-0.2, -0.15) is 0 Å². The van der Waals surface area contributed by atoms with Crippen LogP contribution in [-0.2, 0) is 9.47 Å². The summed E-state index contributed by atoms with van der Waals surface area (Å²) in [6.45, 7) is 5.83. The van der Waals surface area contributed by atoms with Crippen molar-refractivity contribution in [3.05, 3.63) is 34.9 Å². The number of aryl methyl sites for hydroxylation is 2. The van der Waals surface area contributed by atoms with Crippen molar-refractivity contribution in [2.45, 2.75) is 26.6 Å². The Balaban J connectivity index is 2.18. The average Bonchev–Trinajstić information content (AvgIpc) is 2.23. The lowest BCUT2D eigenvalue weighted by atomic mass is 10.1. The molecule has 0 aliphatic carbocycles. The third-order valence-corrected chi connectivity index (χ3v) is 2.63. The van der Waals surface area contributed by atoms with Crippen molar-refractivity contribution in [2.24, 2.45) is 0 Å². The molecule has 0 saturated carbocycles. The van der Waals surface area contributed by atoms with Crippen molar-refractivity contribution >= 4 is 0 Å². The lowest BCUT2D eigenvalue weighted by Gasteiger charge is -2.23. The molecule has 1 fully saturated rings. The Morgan fingerprint density at radius 1 is 1.07 bits per heavy atom. The Kier molecular flexibility index (Phi) is 2.85. The minimum atomic E-state index is -0.150. The fraction of sp³-hybridized carbons (Fsp3) is 0.500. The van der Waals surface area contributed by atoms with Crippen molar-refractivity contribution in [1.29, 1.82) is 0 Å². The fourth-order valence-corrected chi connectivity index (χ4v) is 1.59. The normalized spacial score (nSPS) is 18.4. The Labute approximate surface area is 84.8 Å². The SMILES string of the molecule is Cc1ccc(C2OCCCO2)cc1C. The number of benzene rings is 1. The molecule has 0 bridgehead atoms. The molecule has 0 radical (unpaired) electrons. The molecule has 1 aliphatic heterocycles. The van der Waals surface area contributed by atoms with Crippen molar-refractivity contribution in [3.8, 4) is 0 Å². The highest BCUT2D eigenvalue weighted by Crippen LogP contribution is 2.24. The van der Waals surface area contributed by atoms with Gasteiger partial charge in [-0.1, -0.05) is 18.2 Å². The molecule has 2 heteroatoms. The first-order valence-electron chi connectivity index (χ1n) is 5.08. The van der Waals surface area contributed by atoms with E-state index in [0.717, 1.165) is 25.2 Å². The fourth-order valence-electron chi connectivity index (χ4n) is 1.59. The van der Waals surface area contributed by atoms with Gasteiger partial charge in [0.15, 0.2) is 6.29 Å². The van der Waals surface area contributed by atoms with E-state index in [1.807, 2.05) is 0 Å². The van der Waals surface area contributed by atoms with Gasteiger partial charge in [-0.15, -0.1) is 0 Å². The highest BCUT2D eigenvalue weighted by Gasteiger charge is 2.16. The van der Waals surface area contributed by atoms with Crippen LogP contribution in [0.5, 0.6) is 0 Å². The van der Waals surface area contributed by atoms with Crippen LogP contribution in [0.4, 0.5) is 0 Å². The summed E-state index contributed by atoms with van der Waals surface area (Å²) < 4.78 is 11.1. The lowest BCUT2D eigenvalue weighted by Crippen LogP contribution is -2.17. The largest absolute Gasteiger partial charge is 0.348 e. The number of hydrogen-bond donors (Lipinski definition) is 0. The van der Waals surface area contributed by atoms with Gasteiger partial charge in [0, 0.05) is 5.56 Å². The maximum absolute atomic E-state index is 5.54. The van der Waals surface area contributed by atoms with Gasteiger partial charge in [0.05, 0.1) is 13.2 Å². The quantitative estimate of drug-likeness (QED) is 0.681. The average molecular weight is 192 g/mol. The van der Waals surface area contributed by atoms with Gasteiger partial charge in [0.1, 0.15) is 0 Å². The van der Waals surface area contributed by atoms with Gasteiger partial charge in [0.25, 0.3) is 0 Å². The van der Waals surface area contributed by atoms with Crippen molar-refractivity contribution in [2.75, 3.05) is 13.2 Å². The van der Waals surface area contributed by atoms with Crippen LogP contribution in [0.15, 0.2) is 18.2 Å². The number of rotatable bonds is 1. The lowest BCUT2D eigenvalue weighted by molar-refractivity contribution is -0.183. The molecule has 0 atom stereocenters. The van der Waals surface area contributed by atoms with Crippen LogP contribution >= 0.6 is 0 Å². The molecule has 1 aliphatic rings. The Morgan fingerprint density at radius 2 is 1.79 bits per heavy atom. The molecule has 1 aromatic carbocycles. The van der Waals surface area contributed by atoms with E-state index in [1.54, 1.807) is 0 Å². The summed E-state index contributed by atoms with van der Waals surface area (Å²) in [5, 5.41) is 0. The summed E-state index contributed by atoms with van der Waals surface area (Å²) in [6, 6.07) is 6.34. The van der Waals surface area contributed by atoms with E-state index in [0.29, 0.717) is 0 Å². The second-order valence-corrected chi connectivity index (χ2v) is 3.77. The first-order chi connectivity index (χ1) is 6.77. The molecule has 0 N–H and O–H groups in total. The van der Waals surface area contributed by atoms with E-state index in [9.17, 15) is 0 Å². The van der Waals surface area contributed by atoms with Crippen LogP contribution < -0.4 is 0 Å². The molecule has 2 nitrogen and oxygen atoms in total. The molecule has 1 heterocycles. The molecule has 0 spiro atoms. The minimum absolute atomic E-state index is 0.150. The van der Waals surface area contributed by atoms with Crippen LogP contribution in [0.1, 0.15) is 29.4 Å². The highest BCUT2D eigenvalue weighted by molar-refractivity contribution is 5.30. The Morgan fingerprint density at radius 3 is 2.43 bits per heavy atom. The first kappa shape index (κ1) is 9.69. The van der Waals surface area contributed by atoms with Crippen molar-refractivity contribution < 1.29 is 9.47 Å². The van der Waals surface area contributed by atoms with Gasteiger partial charge in [0.2, 0.25) is 0 Å². The standard InChI is InChI=1S/C12H16O2/c1-9-4-5-11(8-10(9)2)12-13-6-3-7-14-12/h4-5,8,12H,3,6-7H2,1-2H3. The number of hydrogen-bond acceptors (Lipinski definition) is 2. The maximum Gasteiger partial charge on any atom is 0.183 e. The Bertz CT molecular complexity index is 314.